The van der Waals surface area contributed by atoms with Crippen LogP contribution in [0.25, 0.3) is 11.1 Å². The number of aliphatic hydroxyl groups is 2. The van der Waals surface area contributed by atoms with Crippen molar-refractivity contribution in [3.05, 3.63) is 30.2 Å². The highest BCUT2D eigenvalue weighted by Crippen LogP contribution is 2.35. The van der Waals surface area contributed by atoms with E-state index in [0.717, 1.165) is 11.9 Å². The molecule has 0 unspecified atom stereocenters. The van der Waals surface area contributed by atoms with Gasteiger partial charge in [-0.1, -0.05) is 25.5 Å². The second kappa shape index (κ2) is 6.91. The van der Waals surface area contributed by atoms with Gasteiger partial charge in [0.1, 0.15) is 11.9 Å². The summed E-state index contributed by atoms with van der Waals surface area (Å²) in [6.07, 6.45) is 1.55. The molecule has 0 bridgehead atoms. The van der Waals surface area contributed by atoms with Gasteiger partial charge in [0.15, 0.2) is 5.58 Å². The molecule has 1 fully saturated rings. The number of aromatic nitrogens is 1. The van der Waals surface area contributed by atoms with Crippen LogP contribution in [0.3, 0.4) is 0 Å². The normalized spacial score (nSPS) is 24.5. The molecule has 24 heavy (non-hydrogen) atoms. The van der Waals surface area contributed by atoms with Crippen LogP contribution < -0.4 is 0 Å². The standard InChI is InChI=1S/C18H24N2O4/c1-2-8-18(12-21)11-20(9-7-15(18)22)17(23)10-16-19-13-5-3-4-6-14(13)24-16/h3-6,15,21-22H,2,7-12H2,1H3/t15-,18-/m0/s1. The number of carbonyl (C=O) groups is 1. The van der Waals surface area contributed by atoms with Crippen molar-refractivity contribution < 1.29 is 19.4 Å². The molecule has 1 amide bonds. The first-order chi connectivity index (χ1) is 11.6. The van der Waals surface area contributed by atoms with E-state index in [1.54, 1.807) is 4.90 Å². The lowest BCUT2D eigenvalue weighted by molar-refractivity contribution is -0.142. The van der Waals surface area contributed by atoms with Gasteiger partial charge < -0.3 is 19.5 Å². The topological polar surface area (TPSA) is 86.8 Å². The van der Waals surface area contributed by atoms with E-state index in [4.69, 9.17) is 4.42 Å². The van der Waals surface area contributed by atoms with Gasteiger partial charge in [-0.05, 0) is 25.0 Å². The van der Waals surface area contributed by atoms with Crippen molar-refractivity contribution in [3.63, 3.8) is 0 Å². The molecule has 0 radical (unpaired) electrons. The number of aliphatic hydroxyl groups excluding tert-OH is 2. The molecule has 2 atom stereocenters. The molecule has 0 spiro atoms. The maximum Gasteiger partial charge on any atom is 0.231 e. The van der Waals surface area contributed by atoms with Gasteiger partial charge in [0, 0.05) is 18.5 Å². The molecule has 1 saturated heterocycles. The molecule has 1 aliphatic rings. The van der Waals surface area contributed by atoms with E-state index in [1.807, 2.05) is 31.2 Å². The zero-order valence-corrected chi connectivity index (χ0v) is 13.9. The van der Waals surface area contributed by atoms with Crippen LogP contribution in [-0.4, -0.2) is 51.8 Å². The first kappa shape index (κ1) is 16.9. The van der Waals surface area contributed by atoms with Gasteiger partial charge in [-0.3, -0.25) is 4.79 Å². The number of nitrogens with zero attached hydrogens (tertiary/aromatic N) is 2. The number of oxazole rings is 1. The van der Waals surface area contributed by atoms with Crippen molar-refractivity contribution in [2.75, 3.05) is 19.7 Å². The van der Waals surface area contributed by atoms with Gasteiger partial charge in [-0.25, -0.2) is 4.98 Å². The zero-order valence-electron chi connectivity index (χ0n) is 13.9. The number of fused-ring (bicyclic) bond motifs is 1. The van der Waals surface area contributed by atoms with E-state index in [2.05, 4.69) is 4.98 Å². The fourth-order valence-electron chi connectivity index (χ4n) is 3.58. The van der Waals surface area contributed by atoms with E-state index >= 15 is 0 Å². The minimum absolute atomic E-state index is 0.0811. The Balaban J connectivity index is 1.72. The Morgan fingerprint density at radius 1 is 1.46 bits per heavy atom. The molecule has 0 saturated carbocycles. The molecule has 3 rings (SSSR count). The lowest BCUT2D eigenvalue weighted by Crippen LogP contribution is -2.55. The van der Waals surface area contributed by atoms with Gasteiger partial charge >= 0.3 is 0 Å². The minimum atomic E-state index is -0.621. The lowest BCUT2D eigenvalue weighted by Gasteiger charge is -2.45. The van der Waals surface area contributed by atoms with E-state index in [9.17, 15) is 15.0 Å². The number of amides is 1. The summed E-state index contributed by atoms with van der Waals surface area (Å²) in [5, 5.41) is 20.1. The largest absolute Gasteiger partial charge is 0.440 e. The van der Waals surface area contributed by atoms with Crippen LogP contribution in [0.2, 0.25) is 0 Å². The Hall–Kier alpha value is -1.92. The SMILES string of the molecule is CCC[C@@]1(CO)CN(C(=O)Cc2nc3ccccc3o2)CC[C@@H]1O. The minimum Gasteiger partial charge on any atom is -0.440 e. The van der Waals surface area contributed by atoms with Gasteiger partial charge in [0.05, 0.1) is 12.7 Å². The number of hydrogen-bond donors (Lipinski definition) is 2. The fraction of sp³-hybridized carbons (Fsp3) is 0.556. The molecule has 6 heteroatoms. The van der Waals surface area contributed by atoms with E-state index in [1.165, 1.54) is 0 Å². The highest BCUT2D eigenvalue weighted by Gasteiger charge is 2.42. The predicted molar refractivity (Wildman–Crippen MR) is 89.3 cm³/mol. The number of piperidine rings is 1. The lowest BCUT2D eigenvalue weighted by atomic mass is 9.74. The third-order valence-electron chi connectivity index (χ3n) is 4.94. The number of para-hydroxylation sites is 2. The summed E-state index contributed by atoms with van der Waals surface area (Å²) in [5.74, 6) is 0.319. The quantitative estimate of drug-likeness (QED) is 0.871. The first-order valence-corrected chi connectivity index (χ1v) is 8.49. The maximum atomic E-state index is 12.6. The van der Waals surface area contributed by atoms with Crippen LogP contribution >= 0.6 is 0 Å². The Kier molecular flexibility index (Phi) is 4.87. The highest BCUT2D eigenvalue weighted by molar-refractivity contribution is 5.79. The summed E-state index contributed by atoms with van der Waals surface area (Å²) in [6.45, 7) is 2.77. The van der Waals surface area contributed by atoms with Crippen molar-refractivity contribution in [1.82, 2.24) is 9.88 Å². The van der Waals surface area contributed by atoms with Gasteiger partial charge in [-0.15, -0.1) is 0 Å². The summed E-state index contributed by atoms with van der Waals surface area (Å²) in [7, 11) is 0. The van der Waals surface area contributed by atoms with E-state index < -0.39 is 11.5 Å². The summed E-state index contributed by atoms with van der Waals surface area (Å²) < 4.78 is 5.62. The second-order valence-corrected chi connectivity index (χ2v) is 6.64. The molecule has 2 heterocycles. The molecule has 2 N–H and O–H groups in total. The molecular weight excluding hydrogens is 308 g/mol. The number of hydrogen-bond acceptors (Lipinski definition) is 5. The van der Waals surface area contributed by atoms with Crippen LogP contribution in [0.5, 0.6) is 0 Å². The zero-order chi connectivity index (χ0) is 17.2. The van der Waals surface area contributed by atoms with Gasteiger partial charge in [0.2, 0.25) is 11.8 Å². The van der Waals surface area contributed by atoms with Gasteiger partial charge in [-0.2, -0.15) is 0 Å². The molecule has 6 nitrogen and oxygen atoms in total. The molecule has 0 aliphatic carbocycles. The summed E-state index contributed by atoms with van der Waals surface area (Å²) >= 11 is 0. The molecular formula is C18H24N2O4. The van der Waals surface area contributed by atoms with Crippen LogP contribution in [0, 0.1) is 5.41 Å². The second-order valence-electron chi connectivity index (χ2n) is 6.64. The maximum absolute atomic E-state index is 12.6. The molecule has 1 aliphatic heterocycles. The molecule has 130 valence electrons. The monoisotopic (exact) mass is 332 g/mol. The van der Waals surface area contributed by atoms with Crippen molar-refractivity contribution in [2.45, 2.75) is 38.7 Å². The summed E-state index contributed by atoms with van der Waals surface area (Å²) in [6, 6.07) is 7.42. The van der Waals surface area contributed by atoms with Crippen LogP contribution in [0.1, 0.15) is 32.1 Å². The van der Waals surface area contributed by atoms with E-state index in [-0.39, 0.29) is 18.9 Å². The number of likely N-dealkylation sites (tertiary alicyclic amines) is 1. The smallest absolute Gasteiger partial charge is 0.231 e. The van der Waals surface area contributed by atoms with Gasteiger partial charge in [0.25, 0.3) is 0 Å². The fourth-order valence-corrected chi connectivity index (χ4v) is 3.58. The van der Waals surface area contributed by atoms with Crippen molar-refractivity contribution in [2.24, 2.45) is 5.41 Å². The average Bonchev–Trinajstić information content (AvgIpc) is 2.99. The number of rotatable bonds is 5. The van der Waals surface area contributed by atoms with Crippen LogP contribution in [-0.2, 0) is 11.2 Å². The van der Waals surface area contributed by atoms with E-state index in [0.29, 0.717) is 37.4 Å². The van der Waals surface area contributed by atoms with Crippen molar-refractivity contribution >= 4 is 17.0 Å². The summed E-state index contributed by atoms with van der Waals surface area (Å²) in [4.78, 5) is 18.7. The molecule has 1 aromatic heterocycles. The third-order valence-corrected chi connectivity index (χ3v) is 4.94. The Morgan fingerprint density at radius 3 is 2.96 bits per heavy atom. The van der Waals surface area contributed by atoms with Crippen molar-refractivity contribution in [1.29, 1.82) is 0 Å². The first-order valence-electron chi connectivity index (χ1n) is 8.49. The molecule has 2 aromatic rings. The Bertz CT molecular complexity index is 681. The number of carbonyl (C=O) groups excluding carboxylic acids is 1. The van der Waals surface area contributed by atoms with Crippen LogP contribution in [0.4, 0.5) is 0 Å². The van der Waals surface area contributed by atoms with Crippen LogP contribution in [0.15, 0.2) is 28.7 Å². The number of benzene rings is 1. The summed E-state index contributed by atoms with van der Waals surface area (Å²) in [5.41, 5.74) is 0.791. The Morgan fingerprint density at radius 2 is 2.25 bits per heavy atom. The highest BCUT2D eigenvalue weighted by atomic mass is 16.3. The predicted octanol–water partition coefficient (Wildman–Crippen LogP) is 1.74. The third kappa shape index (κ3) is 3.16. The molecule has 1 aromatic carbocycles. The Labute approximate surface area is 141 Å². The average molecular weight is 332 g/mol. The van der Waals surface area contributed by atoms with Crippen molar-refractivity contribution in [3.8, 4) is 0 Å².